The largest absolute Gasteiger partial charge is 0.372 e. The lowest BCUT2D eigenvalue weighted by Gasteiger charge is -2.31. The first-order valence-electron chi connectivity index (χ1n) is 7.03. The van der Waals surface area contributed by atoms with E-state index in [4.69, 9.17) is 0 Å². The molecule has 1 fully saturated rings. The SMILES string of the molecule is CNc1cnc(CN(C)CC2CCN(C)CC2)cn1. The van der Waals surface area contributed by atoms with Crippen molar-refractivity contribution in [1.29, 1.82) is 0 Å². The van der Waals surface area contributed by atoms with Crippen molar-refractivity contribution in [3.05, 3.63) is 18.1 Å². The Labute approximate surface area is 116 Å². The summed E-state index contributed by atoms with van der Waals surface area (Å²) < 4.78 is 0. The molecule has 1 aromatic heterocycles. The van der Waals surface area contributed by atoms with E-state index in [0.717, 1.165) is 30.5 Å². The lowest BCUT2D eigenvalue weighted by atomic mass is 9.97. The van der Waals surface area contributed by atoms with Gasteiger partial charge in [0.05, 0.1) is 18.1 Å². The topological polar surface area (TPSA) is 44.3 Å². The highest BCUT2D eigenvalue weighted by atomic mass is 15.1. The highest BCUT2D eigenvalue weighted by Crippen LogP contribution is 2.17. The van der Waals surface area contributed by atoms with E-state index in [1.165, 1.54) is 25.9 Å². The molecule has 1 aliphatic rings. The third-order valence-electron chi connectivity index (χ3n) is 3.80. The van der Waals surface area contributed by atoms with Crippen LogP contribution in [0.3, 0.4) is 0 Å². The number of anilines is 1. The molecule has 0 saturated carbocycles. The van der Waals surface area contributed by atoms with Crippen molar-refractivity contribution < 1.29 is 0 Å². The van der Waals surface area contributed by atoms with E-state index in [2.05, 4.69) is 39.2 Å². The summed E-state index contributed by atoms with van der Waals surface area (Å²) in [4.78, 5) is 13.5. The van der Waals surface area contributed by atoms with Crippen LogP contribution in [0.5, 0.6) is 0 Å². The lowest BCUT2D eigenvalue weighted by molar-refractivity contribution is 0.172. The standard InChI is InChI=1S/C14H25N5/c1-15-14-9-16-13(8-17-14)11-19(3)10-12-4-6-18(2)7-5-12/h8-9,12H,4-7,10-11H2,1-3H3,(H,15,17). The van der Waals surface area contributed by atoms with Crippen LogP contribution < -0.4 is 5.32 Å². The van der Waals surface area contributed by atoms with Crippen LogP contribution in [0.15, 0.2) is 12.4 Å². The minimum absolute atomic E-state index is 0.821. The van der Waals surface area contributed by atoms with E-state index in [1.54, 1.807) is 6.20 Å². The van der Waals surface area contributed by atoms with Crippen LogP contribution in [0.25, 0.3) is 0 Å². The Morgan fingerprint density at radius 3 is 2.63 bits per heavy atom. The number of piperidine rings is 1. The third-order valence-corrected chi connectivity index (χ3v) is 3.80. The van der Waals surface area contributed by atoms with Crippen molar-refractivity contribution in [1.82, 2.24) is 19.8 Å². The van der Waals surface area contributed by atoms with Crippen molar-refractivity contribution >= 4 is 5.82 Å². The normalized spacial score (nSPS) is 17.9. The molecule has 0 unspecified atom stereocenters. The molecule has 1 saturated heterocycles. The molecule has 0 atom stereocenters. The van der Waals surface area contributed by atoms with Gasteiger partial charge in [-0.2, -0.15) is 0 Å². The van der Waals surface area contributed by atoms with Crippen molar-refractivity contribution in [2.75, 3.05) is 46.1 Å². The third kappa shape index (κ3) is 4.44. The summed E-state index contributed by atoms with van der Waals surface area (Å²) in [5, 5.41) is 2.99. The molecule has 106 valence electrons. The second-order valence-corrected chi connectivity index (χ2v) is 5.59. The minimum Gasteiger partial charge on any atom is -0.372 e. The number of hydrogen-bond donors (Lipinski definition) is 1. The summed E-state index contributed by atoms with van der Waals surface area (Å²) in [6.07, 6.45) is 6.27. The average molecular weight is 263 g/mol. The fraction of sp³-hybridized carbons (Fsp3) is 0.714. The zero-order valence-corrected chi connectivity index (χ0v) is 12.3. The molecule has 0 bridgehead atoms. The minimum atomic E-state index is 0.821. The van der Waals surface area contributed by atoms with Crippen LogP contribution in [0, 0.1) is 5.92 Å². The van der Waals surface area contributed by atoms with Gasteiger partial charge in [0.25, 0.3) is 0 Å². The molecular formula is C14H25N5. The molecule has 1 N–H and O–H groups in total. The molecule has 2 rings (SSSR count). The first-order chi connectivity index (χ1) is 9.17. The zero-order valence-electron chi connectivity index (χ0n) is 12.3. The molecule has 0 amide bonds. The summed E-state index contributed by atoms with van der Waals surface area (Å²) >= 11 is 0. The predicted octanol–water partition coefficient (Wildman–Crippen LogP) is 1.29. The van der Waals surface area contributed by atoms with Crippen molar-refractivity contribution in [3.63, 3.8) is 0 Å². The van der Waals surface area contributed by atoms with E-state index in [0.29, 0.717) is 0 Å². The van der Waals surface area contributed by atoms with Crippen LogP contribution in [-0.2, 0) is 6.54 Å². The number of hydrogen-bond acceptors (Lipinski definition) is 5. The zero-order chi connectivity index (χ0) is 13.7. The molecule has 0 spiro atoms. The smallest absolute Gasteiger partial charge is 0.144 e. The van der Waals surface area contributed by atoms with Gasteiger partial charge >= 0.3 is 0 Å². The van der Waals surface area contributed by atoms with Gasteiger partial charge in [-0.05, 0) is 45.9 Å². The maximum absolute atomic E-state index is 4.42. The van der Waals surface area contributed by atoms with Gasteiger partial charge in [-0.1, -0.05) is 0 Å². The summed E-state index contributed by atoms with van der Waals surface area (Å²) in [5.74, 6) is 1.65. The highest BCUT2D eigenvalue weighted by Gasteiger charge is 2.18. The summed E-state index contributed by atoms with van der Waals surface area (Å²) in [7, 11) is 6.24. The monoisotopic (exact) mass is 263 g/mol. The number of likely N-dealkylation sites (tertiary alicyclic amines) is 1. The molecule has 0 aliphatic carbocycles. The van der Waals surface area contributed by atoms with E-state index in [9.17, 15) is 0 Å². The molecule has 1 aliphatic heterocycles. The van der Waals surface area contributed by atoms with E-state index in [1.807, 2.05) is 13.2 Å². The Kier molecular flexibility index (Phi) is 5.10. The van der Waals surface area contributed by atoms with Crippen molar-refractivity contribution in [3.8, 4) is 0 Å². The molecular weight excluding hydrogens is 238 g/mol. The maximum atomic E-state index is 4.42. The van der Waals surface area contributed by atoms with Gasteiger partial charge in [-0.3, -0.25) is 4.98 Å². The van der Waals surface area contributed by atoms with E-state index < -0.39 is 0 Å². The van der Waals surface area contributed by atoms with Crippen LogP contribution in [0.4, 0.5) is 5.82 Å². The van der Waals surface area contributed by atoms with Gasteiger partial charge in [0.1, 0.15) is 5.82 Å². The Bertz CT molecular complexity index is 370. The van der Waals surface area contributed by atoms with Gasteiger partial charge in [0.15, 0.2) is 0 Å². The van der Waals surface area contributed by atoms with Gasteiger partial charge in [-0.25, -0.2) is 4.98 Å². The Morgan fingerprint density at radius 1 is 1.32 bits per heavy atom. The Hall–Kier alpha value is -1.20. The predicted molar refractivity (Wildman–Crippen MR) is 78.1 cm³/mol. The van der Waals surface area contributed by atoms with Gasteiger partial charge in [0.2, 0.25) is 0 Å². The second-order valence-electron chi connectivity index (χ2n) is 5.59. The molecule has 5 nitrogen and oxygen atoms in total. The fourth-order valence-corrected chi connectivity index (χ4v) is 2.59. The lowest BCUT2D eigenvalue weighted by Crippen LogP contribution is -2.35. The number of aromatic nitrogens is 2. The maximum Gasteiger partial charge on any atom is 0.144 e. The van der Waals surface area contributed by atoms with Crippen LogP contribution in [-0.4, -0.2) is 60.5 Å². The Balaban J connectivity index is 1.78. The van der Waals surface area contributed by atoms with Crippen LogP contribution in [0.1, 0.15) is 18.5 Å². The summed E-state index contributed by atoms with van der Waals surface area (Å²) in [5.41, 5.74) is 1.04. The second kappa shape index (κ2) is 6.82. The molecule has 0 aromatic carbocycles. The number of nitrogens with one attached hydrogen (secondary N) is 1. The number of nitrogens with zero attached hydrogens (tertiary/aromatic N) is 4. The van der Waals surface area contributed by atoms with Crippen molar-refractivity contribution in [2.45, 2.75) is 19.4 Å². The molecule has 2 heterocycles. The molecule has 5 heteroatoms. The van der Waals surface area contributed by atoms with Gasteiger partial charge < -0.3 is 15.1 Å². The van der Waals surface area contributed by atoms with Crippen LogP contribution >= 0.6 is 0 Å². The molecule has 0 radical (unpaired) electrons. The first-order valence-corrected chi connectivity index (χ1v) is 7.03. The highest BCUT2D eigenvalue weighted by molar-refractivity contribution is 5.29. The van der Waals surface area contributed by atoms with Crippen molar-refractivity contribution in [2.24, 2.45) is 5.92 Å². The molecule has 19 heavy (non-hydrogen) atoms. The van der Waals surface area contributed by atoms with E-state index in [-0.39, 0.29) is 0 Å². The summed E-state index contributed by atoms with van der Waals surface area (Å²) in [6, 6.07) is 0. The van der Waals surface area contributed by atoms with E-state index >= 15 is 0 Å². The number of rotatable bonds is 5. The fourth-order valence-electron chi connectivity index (χ4n) is 2.59. The van der Waals surface area contributed by atoms with Gasteiger partial charge in [0, 0.05) is 20.1 Å². The first kappa shape index (κ1) is 14.2. The Morgan fingerprint density at radius 2 is 2.05 bits per heavy atom. The summed E-state index contributed by atoms with van der Waals surface area (Å²) in [6.45, 7) is 4.50. The molecule has 1 aromatic rings. The van der Waals surface area contributed by atoms with Crippen LogP contribution in [0.2, 0.25) is 0 Å². The average Bonchev–Trinajstić information content (AvgIpc) is 2.42. The quantitative estimate of drug-likeness (QED) is 0.867. The van der Waals surface area contributed by atoms with Gasteiger partial charge in [-0.15, -0.1) is 0 Å².